The summed E-state index contributed by atoms with van der Waals surface area (Å²) in [6.45, 7) is 3.76. The van der Waals surface area contributed by atoms with Crippen LogP contribution in [0.25, 0.3) is 0 Å². The van der Waals surface area contributed by atoms with E-state index in [1.165, 1.54) is 11.8 Å². The standard InChI is InChI=1S/C20H31N3O4S/c1-3-4-10-16(12-18(24)23-27)20(26)22-17(13-28-14(2)19(21)25)11-15-8-6-5-7-9-15/h5-9,14,16-17,27H,3-4,10-13H2,1-2H3,(H2,21,25)(H,22,26)(H,23,24). The number of benzene rings is 1. The molecule has 3 unspecified atom stereocenters. The first-order chi connectivity index (χ1) is 13.4. The van der Waals surface area contributed by atoms with Gasteiger partial charge in [0.2, 0.25) is 17.7 Å². The molecular weight excluding hydrogens is 378 g/mol. The molecular formula is C20H31N3O4S. The van der Waals surface area contributed by atoms with Gasteiger partial charge in [-0.1, -0.05) is 50.1 Å². The van der Waals surface area contributed by atoms with E-state index in [0.717, 1.165) is 18.4 Å². The van der Waals surface area contributed by atoms with Gasteiger partial charge in [-0.3, -0.25) is 19.6 Å². The fraction of sp³-hybridized carbons (Fsp3) is 0.550. The molecule has 1 aromatic rings. The zero-order chi connectivity index (χ0) is 20.9. The minimum absolute atomic E-state index is 0.0643. The Morgan fingerprint density at radius 2 is 1.89 bits per heavy atom. The Morgan fingerprint density at radius 1 is 1.21 bits per heavy atom. The van der Waals surface area contributed by atoms with Crippen LogP contribution < -0.4 is 16.5 Å². The Morgan fingerprint density at radius 3 is 2.46 bits per heavy atom. The molecule has 0 saturated carbocycles. The summed E-state index contributed by atoms with van der Waals surface area (Å²) in [7, 11) is 0. The SMILES string of the molecule is CCCCC(CC(=O)NO)C(=O)NC(CSC(C)C(N)=O)Cc1ccccc1. The molecule has 0 aliphatic heterocycles. The third-order valence-electron chi connectivity index (χ3n) is 4.45. The van der Waals surface area contributed by atoms with Gasteiger partial charge in [-0.05, 0) is 25.3 Å². The zero-order valence-electron chi connectivity index (χ0n) is 16.5. The van der Waals surface area contributed by atoms with Crippen molar-refractivity contribution in [1.82, 2.24) is 10.8 Å². The number of nitrogens with two attached hydrogens (primary N) is 1. The summed E-state index contributed by atoms with van der Waals surface area (Å²) in [5.41, 5.74) is 8.00. The second kappa shape index (κ2) is 13.2. The molecule has 3 amide bonds. The third kappa shape index (κ3) is 9.23. The van der Waals surface area contributed by atoms with Crippen LogP contribution in [0.2, 0.25) is 0 Å². The van der Waals surface area contributed by atoms with Crippen LogP contribution in [0, 0.1) is 5.92 Å². The van der Waals surface area contributed by atoms with Gasteiger partial charge in [-0.15, -0.1) is 11.8 Å². The molecule has 0 bridgehead atoms. The van der Waals surface area contributed by atoms with Crippen LogP contribution in [0.4, 0.5) is 0 Å². The van der Waals surface area contributed by atoms with E-state index in [9.17, 15) is 14.4 Å². The Balaban J connectivity index is 2.82. The molecule has 156 valence electrons. The number of amides is 3. The smallest absolute Gasteiger partial charge is 0.244 e. The lowest BCUT2D eigenvalue weighted by Gasteiger charge is -2.23. The predicted octanol–water partition coefficient (Wildman–Crippen LogP) is 2.02. The van der Waals surface area contributed by atoms with Gasteiger partial charge in [0.1, 0.15) is 0 Å². The molecule has 0 heterocycles. The Labute approximate surface area is 170 Å². The molecule has 7 nitrogen and oxygen atoms in total. The number of primary amides is 1. The molecule has 0 spiro atoms. The van der Waals surface area contributed by atoms with Crippen LogP contribution in [0.3, 0.4) is 0 Å². The minimum Gasteiger partial charge on any atom is -0.369 e. The van der Waals surface area contributed by atoms with Crippen molar-refractivity contribution in [1.29, 1.82) is 0 Å². The number of unbranched alkanes of at least 4 members (excludes halogenated alkanes) is 1. The van der Waals surface area contributed by atoms with Crippen LogP contribution in [0.1, 0.15) is 45.1 Å². The lowest BCUT2D eigenvalue weighted by atomic mass is 9.96. The van der Waals surface area contributed by atoms with E-state index < -0.39 is 17.7 Å². The Hall–Kier alpha value is -2.06. The molecule has 0 aliphatic rings. The Bertz CT molecular complexity index is 627. The quantitative estimate of drug-likeness (QED) is 0.293. The van der Waals surface area contributed by atoms with E-state index in [0.29, 0.717) is 18.6 Å². The highest BCUT2D eigenvalue weighted by Gasteiger charge is 2.24. The average molecular weight is 410 g/mol. The van der Waals surface area contributed by atoms with Gasteiger partial charge in [0.15, 0.2) is 0 Å². The minimum atomic E-state index is -0.576. The van der Waals surface area contributed by atoms with E-state index in [1.807, 2.05) is 37.3 Å². The van der Waals surface area contributed by atoms with Gasteiger partial charge in [0.05, 0.1) is 5.25 Å². The highest BCUT2D eigenvalue weighted by Crippen LogP contribution is 2.17. The van der Waals surface area contributed by atoms with Crippen LogP contribution in [0.5, 0.6) is 0 Å². The van der Waals surface area contributed by atoms with Gasteiger partial charge in [-0.25, -0.2) is 5.48 Å². The molecule has 0 saturated heterocycles. The zero-order valence-corrected chi connectivity index (χ0v) is 17.3. The van der Waals surface area contributed by atoms with Crippen molar-refractivity contribution in [2.24, 2.45) is 11.7 Å². The second-order valence-corrected chi connectivity index (χ2v) is 8.23. The summed E-state index contributed by atoms with van der Waals surface area (Å²) in [5.74, 6) is -1.17. The molecule has 3 atom stereocenters. The van der Waals surface area contributed by atoms with Gasteiger partial charge in [0, 0.05) is 24.1 Å². The number of carbonyl (C=O) groups excluding carboxylic acids is 3. The van der Waals surface area contributed by atoms with Crippen molar-refractivity contribution in [2.45, 2.75) is 57.2 Å². The van der Waals surface area contributed by atoms with Crippen molar-refractivity contribution in [2.75, 3.05) is 5.75 Å². The molecule has 0 radical (unpaired) electrons. The third-order valence-corrected chi connectivity index (χ3v) is 5.78. The monoisotopic (exact) mass is 409 g/mol. The molecule has 0 aliphatic carbocycles. The van der Waals surface area contributed by atoms with E-state index >= 15 is 0 Å². The van der Waals surface area contributed by atoms with Crippen LogP contribution >= 0.6 is 11.8 Å². The summed E-state index contributed by atoms with van der Waals surface area (Å²) in [6, 6.07) is 9.55. The summed E-state index contributed by atoms with van der Waals surface area (Å²) < 4.78 is 0. The van der Waals surface area contributed by atoms with Crippen molar-refractivity contribution < 1.29 is 19.6 Å². The van der Waals surface area contributed by atoms with Crippen molar-refractivity contribution in [3.63, 3.8) is 0 Å². The highest BCUT2D eigenvalue weighted by molar-refractivity contribution is 8.00. The lowest BCUT2D eigenvalue weighted by molar-refractivity contribution is -0.135. The van der Waals surface area contributed by atoms with Gasteiger partial charge >= 0.3 is 0 Å². The highest BCUT2D eigenvalue weighted by atomic mass is 32.2. The van der Waals surface area contributed by atoms with E-state index in [1.54, 1.807) is 12.4 Å². The normalized spacial score (nSPS) is 14.0. The van der Waals surface area contributed by atoms with E-state index in [-0.39, 0.29) is 23.6 Å². The first-order valence-corrected chi connectivity index (χ1v) is 10.6. The number of thioether (sulfide) groups is 1. The number of hydroxylamine groups is 1. The number of hydrogen-bond acceptors (Lipinski definition) is 5. The predicted molar refractivity (Wildman–Crippen MR) is 111 cm³/mol. The number of nitrogens with one attached hydrogen (secondary N) is 2. The van der Waals surface area contributed by atoms with Crippen molar-refractivity contribution in [3.05, 3.63) is 35.9 Å². The molecule has 5 N–H and O–H groups in total. The van der Waals surface area contributed by atoms with Gasteiger partial charge < -0.3 is 11.1 Å². The maximum absolute atomic E-state index is 12.8. The molecule has 0 aromatic heterocycles. The number of carbonyl (C=O) groups is 3. The lowest BCUT2D eigenvalue weighted by Crippen LogP contribution is -2.43. The maximum atomic E-state index is 12.8. The summed E-state index contributed by atoms with van der Waals surface area (Å²) in [6.07, 6.45) is 2.83. The van der Waals surface area contributed by atoms with Gasteiger partial charge in [-0.2, -0.15) is 0 Å². The number of rotatable bonds is 13. The fourth-order valence-corrected chi connectivity index (χ4v) is 3.64. The summed E-state index contributed by atoms with van der Waals surface area (Å²) >= 11 is 1.39. The van der Waals surface area contributed by atoms with Crippen molar-refractivity contribution >= 4 is 29.5 Å². The summed E-state index contributed by atoms with van der Waals surface area (Å²) in [4.78, 5) is 35.7. The fourth-order valence-electron chi connectivity index (χ4n) is 2.76. The van der Waals surface area contributed by atoms with Crippen LogP contribution in [0.15, 0.2) is 30.3 Å². The number of hydrogen-bond donors (Lipinski definition) is 4. The molecule has 28 heavy (non-hydrogen) atoms. The topological polar surface area (TPSA) is 122 Å². The Kier molecular flexibility index (Phi) is 11.3. The maximum Gasteiger partial charge on any atom is 0.244 e. The molecule has 1 rings (SSSR count). The van der Waals surface area contributed by atoms with E-state index in [4.69, 9.17) is 10.9 Å². The first-order valence-electron chi connectivity index (χ1n) is 9.55. The largest absolute Gasteiger partial charge is 0.369 e. The van der Waals surface area contributed by atoms with E-state index in [2.05, 4.69) is 5.32 Å². The summed E-state index contributed by atoms with van der Waals surface area (Å²) in [5, 5.41) is 11.5. The molecule has 8 heteroatoms. The average Bonchev–Trinajstić information content (AvgIpc) is 2.69. The second-order valence-electron chi connectivity index (χ2n) is 6.85. The van der Waals surface area contributed by atoms with Crippen LogP contribution in [-0.2, 0) is 20.8 Å². The van der Waals surface area contributed by atoms with Crippen molar-refractivity contribution in [3.8, 4) is 0 Å². The first kappa shape index (κ1) is 24.0. The van der Waals surface area contributed by atoms with Crippen LogP contribution in [-0.4, -0.2) is 40.0 Å². The molecule has 0 fully saturated rings. The van der Waals surface area contributed by atoms with Gasteiger partial charge in [0.25, 0.3) is 0 Å². The molecule has 1 aromatic carbocycles.